The molecule has 1 N–H and O–H groups in total. The minimum absolute atomic E-state index is 0.0271. The number of thiophene rings is 1. The lowest BCUT2D eigenvalue weighted by molar-refractivity contribution is -0.141. The van der Waals surface area contributed by atoms with E-state index in [1.54, 1.807) is 13.2 Å². The van der Waals surface area contributed by atoms with Crippen LogP contribution in [0.5, 0.6) is 5.75 Å². The maximum absolute atomic E-state index is 12.0. The van der Waals surface area contributed by atoms with Gasteiger partial charge in [0.2, 0.25) is 0 Å². The highest BCUT2D eigenvalue weighted by Gasteiger charge is 2.18. The van der Waals surface area contributed by atoms with Crippen LogP contribution in [0, 0.1) is 5.92 Å². The van der Waals surface area contributed by atoms with Gasteiger partial charge in [-0.05, 0) is 29.7 Å². The number of benzene rings is 1. The summed E-state index contributed by atoms with van der Waals surface area (Å²) in [6.07, 6.45) is 0.0271. The van der Waals surface area contributed by atoms with Crippen molar-refractivity contribution < 1.29 is 19.4 Å². The zero-order chi connectivity index (χ0) is 14.0. The first kappa shape index (κ1) is 13.5. The molecule has 0 saturated carbocycles. The van der Waals surface area contributed by atoms with Crippen molar-refractivity contribution in [3.8, 4) is 5.75 Å². The third-order valence-corrected chi connectivity index (χ3v) is 4.07. The summed E-state index contributed by atoms with van der Waals surface area (Å²) >= 11 is 1.38. The SMILES string of the molecule is COc1ccc2sc(C(=O)CC(C)C(=O)O)cc2c1. The van der Waals surface area contributed by atoms with Crippen LogP contribution in [-0.4, -0.2) is 24.0 Å². The van der Waals surface area contributed by atoms with Gasteiger partial charge >= 0.3 is 5.97 Å². The van der Waals surface area contributed by atoms with Crippen molar-refractivity contribution in [1.29, 1.82) is 0 Å². The number of hydrogen-bond acceptors (Lipinski definition) is 4. The van der Waals surface area contributed by atoms with Gasteiger partial charge in [-0.25, -0.2) is 0 Å². The van der Waals surface area contributed by atoms with E-state index in [4.69, 9.17) is 9.84 Å². The fraction of sp³-hybridized carbons (Fsp3) is 0.286. The number of ether oxygens (including phenoxy) is 1. The second kappa shape index (κ2) is 5.40. The van der Waals surface area contributed by atoms with Crippen LogP contribution in [0.4, 0.5) is 0 Å². The highest BCUT2D eigenvalue weighted by atomic mass is 32.1. The molecule has 0 bridgehead atoms. The molecule has 100 valence electrons. The Bertz CT molecular complexity index is 629. The summed E-state index contributed by atoms with van der Waals surface area (Å²) in [5.74, 6) is -0.998. The number of carbonyl (C=O) groups excluding carboxylic acids is 1. The lowest BCUT2D eigenvalue weighted by Gasteiger charge is -2.02. The molecule has 2 rings (SSSR count). The number of rotatable bonds is 5. The standard InChI is InChI=1S/C14H14O4S/c1-8(14(16)17)5-11(15)13-7-9-6-10(18-2)3-4-12(9)19-13/h3-4,6-8H,5H2,1-2H3,(H,16,17). The van der Waals surface area contributed by atoms with Crippen molar-refractivity contribution in [2.45, 2.75) is 13.3 Å². The van der Waals surface area contributed by atoms with Gasteiger partial charge in [0.1, 0.15) is 5.75 Å². The summed E-state index contributed by atoms with van der Waals surface area (Å²) in [6, 6.07) is 7.39. The van der Waals surface area contributed by atoms with Gasteiger partial charge < -0.3 is 9.84 Å². The molecule has 0 aliphatic heterocycles. The Balaban J connectivity index is 2.25. The van der Waals surface area contributed by atoms with Gasteiger partial charge in [0.05, 0.1) is 17.9 Å². The van der Waals surface area contributed by atoms with Crippen molar-refractivity contribution in [2.75, 3.05) is 7.11 Å². The van der Waals surface area contributed by atoms with Gasteiger partial charge in [0.25, 0.3) is 0 Å². The number of carboxylic acid groups (broad SMARTS) is 1. The van der Waals surface area contributed by atoms with E-state index in [0.29, 0.717) is 4.88 Å². The number of carboxylic acids is 1. The maximum atomic E-state index is 12.0. The summed E-state index contributed by atoms with van der Waals surface area (Å²) in [5.41, 5.74) is 0. The number of Topliss-reactive ketones (excluding diaryl/α,β-unsaturated/α-hetero) is 1. The Hall–Kier alpha value is -1.88. The van der Waals surface area contributed by atoms with E-state index in [1.165, 1.54) is 18.3 Å². The monoisotopic (exact) mass is 278 g/mol. The summed E-state index contributed by atoms with van der Waals surface area (Å²) in [4.78, 5) is 23.3. The Labute approximate surface area is 114 Å². The van der Waals surface area contributed by atoms with Crippen LogP contribution in [0.15, 0.2) is 24.3 Å². The van der Waals surface area contributed by atoms with Crippen molar-refractivity contribution in [3.63, 3.8) is 0 Å². The topological polar surface area (TPSA) is 63.6 Å². The van der Waals surface area contributed by atoms with E-state index < -0.39 is 11.9 Å². The van der Waals surface area contributed by atoms with Gasteiger partial charge in [-0.15, -0.1) is 11.3 Å². The summed E-state index contributed by atoms with van der Waals surface area (Å²) in [7, 11) is 1.59. The number of methoxy groups -OCH3 is 1. The Morgan fingerprint density at radius 3 is 2.74 bits per heavy atom. The van der Waals surface area contributed by atoms with Crippen molar-refractivity contribution in [3.05, 3.63) is 29.1 Å². The van der Waals surface area contributed by atoms with Crippen molar-refractivity contribution in [2.24, 2.45) is 5.92 Å². The molecule has 4 nitrogen and oxygen atoms in total. The molecule has 5 heteroatoms. The minimum Gasteiger partial charge on any atom is -0.497 e. The number of fused-ring (bicyclic) bond motifs is 1. The summed E-state index contributed by atoms with van der Waals surface area (Å²) in [6.45, 7) is 1.54. The average Bonchev–Trinajstić information content (AvgIpc) is 2.81. The predicted molar refractivity (Wildman–Crippen MR) is 74.1 cm³/mol. The van der Waals surface area contributed by atoms with Gasteiger partial charge in [0, 0.05) is 11.1 Å². The number of hydrogen-bond donors (Lipinski definition) is 1. The molecule has 1 aromatic carbocycles. The molecule has 0 aliphatic carbocycles. The first-order valence-electron chi connectivity index (χ1n) is 5.85. The van der Waals surface area contributed by atoms with E-state index in [-0.39, 0.29) is 12.2 Å². The van der Waals surface area contributed by atoms with Crippen LogP contribution >= 0.6 is 11.3 Å². The fourth-order valence-corrected chi connectivity index (χ4v) is 2.74. The van der Waals surface area contributed by atoms with Crippen LogP contribution < -0.4 is 4.74 Å². The molecule has 0 fully saturated rings. The Kier molecular flexibility index (Phi) is 3.85. The van der Waals surface area contributed by atoms with Crippen LogP contribution in [0.1, 0.15) is 23.0 Å². The third-order valence-electron chi connectivity index (χ3n) is 2.91. The first-order valence-corrected chi connectivity index (χ1v) is 6.66. The van der Waals surface area contributed by atoms with E-state index in [2.05, 4.69) is 0 Å². The molecular weight excluding hydrogens is 264 g/mol. The summed E-state index contributed by atoms with van der Waals surface area (Å²) in [5, 5.41) is 9.76. The molecule has 19 heavy (non-hydrogen) atoms. The van der Waals surface area contributed by atoms with Crippen molar-refractivity contribution in [1.82, 2.24) is 0 Å². The van der Waals surface area contributed by atoms with Crippen molar-refractivity contribution >= 4 is 33.2 Å². The average molecular weight is 278 g/mol. The Morgan fingerprint density at radius 1 is 1.37 bits per heavy atom. The van der Waals surface area contributed by atoms with E-state index >= 15 is 0 Å². The molecule has 0 aliphatic rings. The first-order chi connectivity index (χ1) is 9.01. The van der Waals surface area contributed by atoms with Crippen LogP contribution in [0.25, 0.3) is 10.1 Å². The molecule has 0 saturated heterocycles. The maximum Gasteiger partial charge on any atom is 0.306 e. The highest BCUT2D eigenvalue weighted by Crippen LogP contribution is 2.30. The lowest BCUT2D eigenvalue weighted by atomic mass is 10.0. The van der Waals surface area contributed by atoms with Gasteiger partial charge in [-0.2, -0.15) is 0 Å². The smallest absolute Gasteiger partial charge is 0.306 e. The summed E-state index contributed by atoms with van der Waals surface area (Å²) < 4.78 is 6.12. The van der Waals surface area contributed by atoms with E-state index in [0.717, 1.165) is 15.8 Å². The lowest BCUT2D eigenvalue weighted by Crippen LogP contribution is -2.13. The second-order valence-electron chi connectivity index (χ2n) is 4.38. The van der Waals surface area contributed by atoms with Gasteiger partial charge in [0.15, 0.2) is 5.78 Å². The second-order valence-corrected chi connectivity index (χ2v) is 5.46. The normalized spacial score (nSPS) is 12.3. The van der Waals surface area contributed by atoms with Gasteiger partial charge in [-0.3, -0.25) is 9.59 Å². The molecule has 0 spiro atoms. The van der Waals surface area contributed by atoms with Gasteiger partial charge in [-0.1, -0.05) is 6.92 Å². The molecule has 1 atom stereocenters. The molecule has 0 radical (unpaired) electrons. The number of carbonyl (C=O) groups is 2. The zero-order valence-corrected chi connectivity index (χ0v) is 11.5. The molecule has 0 amide bonds. The minimum atomic E-state index is -0.948. The van der Waals surface area contributed by atoms with Crippen LogP contribution in [0.3, 0.4) is 0 Å². The van der Waals surface area contributed by atoms with Crippen LogP contribution in [-0.2, 0) is 4.79 Å². The Morgan fingerprint density at radius 2 is 2.11 bits per heavy atom. The molecule has 2 aromatic rings. The number of aliphatic carboxylic acids is 1. The highest BCUT2D eigenvalue weighted by molar-refractivity contribution is 7.20. The fourth-order valence-electron chi connectivity index (χ4n) is 1.75. The number of ketones is 1. The molecule has 1 heterocycles. The zero-order valence-electron chi connectivity index (χ0n) is 10.7. The third kappa shape index (κ3) is 2.93. The predicted octanol–water partition coefficient (Wildman–Crippen LogP) is 3.20. The van der Waals surface area contributed by atoms with E-state index in [9.17, 15) is 9.59 Å². The molecule has 1 unspecified atom stereocenters. The van der Waals surface area contributed by atoms with Crippen LogP contribution in [0.2, 0.25) is 0 Å². The molecular formula is C14H14O4S. The quantitative estimate of drug-likeness (QED) is 0.853. The largest absolute Gasteiger partial charge is 0.497 e. The molecule has 1 aromatic heterocycles. The van der Waals surface area contributed by atoms with E-state index in [1.807, 2.05) is 18.2 Å².